The number of fused-ring (bicyclic) bond motifs is 1. The monoisotopic (exact) mass is 380 g/mol. The summed E-state index contributed by atoms with van der Waals surface area (Å²) >= 11 is 0. The molecule has 1 aromatic heterocycles. The van der Waals surface area contributed by atoms with Gasteiger partial charge in [0.1, 0.15) is 5.82 Å². The van der Waals surface area contributed by atoms with Crippen molar-refractivity contribution in [3.8, 4) is 11.4 Å². The Hall–Kier alpha value is -3.02. The number of imidazole rings is 1. The molecular weight excluding hydrogens is 352 g/mol. The number of amides is 1. The molecule has 1 heterocycles. The Balaban J connectivity index is 1.94. The highest BCUT2D eigenvalue weighted by Crippen LogP contribution is 2.31. The van der Waals surface area contributed by atoms with Gasteiger partial charge < -0.3 is 14.6 Å². The Morgan fingerprint density at radius 3 is 2.64 bits per heavy atom. The summed E-state index contributed by atoms with van der Waals surface area (Å²) in [5.74, 6) is 0.808. The highest BCUT2D eigenvalue weighted by Gasteiger charge is 2.15. The molecule has 148 valence electrons. The fraction of sp³-hybridized carbons (Fsp3) is 0.364. The molecule has 0 spiro atoms. The molecular formula is C22H28N4O2. The number of nitrogens with one attached hydrogen (secondary N) is 2. The van der Waals surface area contributed by atoms with Crippen molar-refractivity contribution in [3.05, 3.63) is 42.0 Å². The van der Waals surface area contributed by atoms with Crippen molar-refractivity contribution in [2.24, 2.45) is 0 Å². The van der Waals surface area contributed by atoms with Gasteiger partial charge in [-0.1, -0.05) is 43.2 Å². The summed E-state index contributed by atoms with van der Waals surface area (Å²) < 4.78 is 5.26. The Kier molecular flexibility index (Phi) is 6.19. The molecule has 6 nitrogen and oxygen atoms in total. The summed E-state index contributed by atoms with van der Waals surface area (Å²) in [6.45, 7) is 7.42. The number of aromatic amines is 1. The maximum absolute atomic E-state index is 12.2. The van der Waals surface area contributed by atoms with Gasteiger partial charge in [0.15, 0.2) is 0 Å². The third kappa shape index (κ3) is 4.44. The minimum atomic E-state index is -0.433. The van der Waals surface area contributed by atoms with E-state index in [0.717, 1.165) is 47.5 Å². The first-order valence-corrected chi connectivity index (χ1v) is 9.77. The fourth-order valence-corrected chi connectivity index (χ4v) is 2.94. The normalized spacial score (nSPS) is 10.9. The molecule has 0 saturated heterocycles. The molecule has 3 rings (SSSR count). The number of H-pyrrole nitrogens is 1. The molecule has 2 N–H and O–H groups in total. The number of benzene rings is 2. The predicted molar refractivity (Wildman–Crippen MR) is 115 cm³/mol. The summed E-state index contributed by atoms with van der Waals surface area (Å²) in [6.07, 6.45) is 1.41. The van der Waals surface area contributed by atoms with E-state index in [4.69, 9.17) is 9.72 Å². The van der Waals surface area contributed by atoms with E-state index in [-0.39, 0.29) is 0 Å². The predicted octanol–water partition coefficient (Wildman–Crippen LogP) is 5.34. The molecule has 0 aliphatic heterocycles. The summed E-state index contributed by atoms with van der Waals surface area (Å²) in [5, 5.41) is 2.88. The number of rotatable bonds is 7. The fourth-order valence-electron chi connectivity index (χ4n) is 2.94. The Labute approximate surface area is 165 Å². The number of aromatic nitrogens is 2. The number of ether oxygens (including phenoxy) is 1. The van der Waals surface area contributed by atoms with Crippen LogP contribution in [-0.4, -0.2) is 36.3 Å². The lowest BCUT2D eigenvalue weighted by Gasteiger charge is -2.21. The molecule has 0 aliphatic rings. The zero-order valence-corrected chi connectivity index (χ0v) is 17.0. The van der Waals surface area contributed by atoms with Gasteiger partial charge in [-0.15, -0.1) is 0 Å². The number of unbranched alkanes of at least 4 members (excludes halogenated alkanes) is 1. The number of hydrogen-bond donors (Lipinski definition) is 2. The maximum atomic E-state index is 12.2. The van der Waals surface area contributed by atoms with E-state index in [9.17, 15) is 4.79 Å². The van der Waals surface area contributed by atoms with Crippen molar-refractivity contribution in [2.75, 3.05) is 30.4 Å². The van der Waals surface area contributed by atoms with Crippen LogP contribution in [-0.2, 0) is 4.74 Å². The lowest BCUT2D eigenvalue weighted by molar-refractivity contribution is 0.160. The van der Waals surface area contributed by atoms with Crippen LogP contribution < -0.4 is 10.2 Å². The third-order valence-electron chi connectivity index (χ3n) is 4.78. The van der Waals surface area contributed by atoms with Gasteiger partial charge in [-0.25, -0.2) is 9.78 Å². The van der Waals surface area contributed by atoms with E-state index in [1.165, 1.54) is 5.56 Å². The Bertz CT molecular complexity index is 947. The lowest BCUT2D eigenvalue weighted by atomic mass is 10.1. The molecule has 28 heavy (non-hydrogen) atoms. The number of carbonyl (C=O) groups is 1. The summed E-state index contributed by atoms with van der Waals surface area (Å²) in [5.41, 5.74) is 5.57. The third-order valence-corrected chi connectivity index (χ3v) is 4.78. The molecule has 2 aromatic carbocycles. The van der Waals surface area contributed by atoms with Crippen LogP contribution in [0.2, 0.25) is 0 Å². The van der Waals surface area contributed by atoms with Crippen LogP contribution in [0.1, 0.15) is 32.3 Å². The lowest BCUT2D eigenvalue weighted by Crippen LogP contribution is -2.20. The summed E-state index contributed by atoms with van der Waals surface area (Å²) in [4.78, 5) is 22.3. The van der Waals surface area contributed by atoms with Crippen LogP contribution in [0, 0.1) is 6.92 Å². The molecule has 0 bridgehead atoms. The molecule has 0 fully saturated rings. The minimum absolute atomic E-state index is 0.422. The van der Waals surface area contributed by atoms with Crippen molar-refractivity contribution in [1.29, 1.82) is 0 Å². The number of hydrogen-bond acceptors (Lipinski definition) is 4. The van der Waals surface area contributed by atoms with Crippen molar-refractivity contribution in [1.82, 2.24) is 9.97 Å². The first-order chi connectivity index (χ1) is 13.5. The molecule has 0 atom stereocenters. The smallest absolute Gasteiger partial charge is 0.411 e. The largest absolute Gasteiger partial charge is 0.449 e. The van der Waals surface area contributed by atoms with Crippen molar-refractivity contribution in [2.45, 2.75) is 33.6 Å². The summed E-state index contributed by atoms with van der Waals surface area (Å²) in [7, 11) is 1.99. The number of carbonyl (C=O) groups excluding carboxylic acids is 1. The van der Waals surface area contributed by atoms with E-state index in [0.29, 0.717) is 12.3 Å². The van der Waals surface area contributed by atoms with Gasteiger partial charge in [0.25, 0.3) is 0 Å². The molecule has 3 aromatic rings. The van der Waals surface area contributed by atoms with E-state index in [1.807, 2.05) is 19.2 Å². The number of aryl methyl sites for hydroxylation is 1. The van der Waals surface area contributed by atoms with Crippen molar-refractivity contribution in [3.63, 3.8) is 0 Å². The molecule has 1 amide bonds. The number of nitrogens with zero attached hydrogens (tertiary/aromatic N) is 2. The molecule has 0 unspecified atom stereocenters. The molecule has 0 aliphatic carbocycles. The second-order valence-corrected chi connectivity index (χ2v) is 6.97. The highest BCUT2D eigenvalue weighted by atomic mass is 16.5. The average molecular weight is 380 g/mol. The van der Waals surface area contributed by atoms with Crippen LogP contribution in [0.5, 0.6) is 0 Å². The first kappa shape index (κ1) is 19.7. The molecule has 0 saturated carbocycles. The number of anilines is 2. The summed E-state index contributed by atoms with van der Waals surface area (Å²) in [6, 6.07) is 12.2. The van der Waals surface area contributed by atoms with Crippen molar-refractivity contribution >= 4 is 28.5 Å². The van der Waals surface area contributed by atoms with Gasteiger partial charge in [-0.3, -0.25) is 5.32 Å². The van der Waals surface area contributed by atoms with Crippen LogP contribution in [0.4, 0.5) is 16.2 Å². The van der Waals surface area contributed by atoms with Gasteiger partial charge in [-0.2, -0.15) is 0 Å². The van der Waals surface area contributed by atoms with E-state index in [1.54, 1.807) is 0 Å². The highest BCUT2D eigenvalue weighted by molar-refractivity contribution is 5.96. The van der Waals surface area contributed by atoms with Crippen LogP contribution in [0.3, 0.4) is 0 Å². The quantitative estimate of drug-likeness (QED) is 0.543. The van der Waals surface area contributed by atoms with Crippen LogP contribution in [0.25, 0.3) is 22.4 Å². The SMILES string of the molecule is CCCCOC(=O)Nc1cc2[nH]c(-c3ccc(C)cc3)nc2cc1N(C)CC. The van der Waals surface area contributed by atoms with Gasteiger partial charge >= 0.3 is 6.09 Å². The van der Waals surface area contributed by atoms with E-state index >= 15 is 0 Å². The van der Waals surface area contributed by atoms with Gasteiger partial charge in [0.2, 0.25) is 0 Å². The van der Waals surface area contributed by atoms with Crippen LogP contribution in [0.15, 0.2) is 36.4 Å². The van der Waals surface area contributed by atoms with E-state index in [2.05, 4.69) is 60.2 Å². The average Bonchev–Trinajstić information content (AvgIpc) is 3.10. The van der Waals surface area contributed by atoms with Gasteiger partial charge in [0, 0.05) is 19.2 Å². The zero-order chi connectivity index (χ0) is 20.1. The van der Waals surface area contributed by atoms with Crippen LogP contribution >= 0.6 is 0 Å². The standard InChI is InChI=1S/C22H28N4O2/c1-5-7-12-28-22(27)25-19-13-17-18(14-20(19)26(4)6-2)24-21(23-17)16-10-8-15(3)9-11-16/h8-11,13-14H,5-7,12H2,1-4H3,(H,23,24)(H,25,27). The van der Waals surface area contributed by atoms with Gasteiger partial charge in [-0.05, 0) is 32.4 Å². The van der Waals surface area contributed by atoms with E-state index < -0.39 is 6.09 Å². The Morgan fingerprint density at radius 1 is 1.21 bits per heavy atom. The minimum Gasteiger partial charge on any atom is -0.449 e. The second-order valence-electron chi connectivity index (χ2n) is 6.97. The van der Waals surface area contributed by atoms with Crippen molar-refractivity contribution < 1.29 is 9.53 Å². The maximum Gasteiger partial charge on any atom is 0.411 e. The second kappa shape index (κ2) is 8.78. The first-order valence-electron chi connectivity index (χ1n) is 9.77. The zero-order valence-electron chi connectivity index (χ0n) is 17.0. The Morgan fingerprint density at radius 2 is 1.96 bits per heavy atom. The topological polar surface area (TPSA) is 70.2 Å². The molecule has 0 radical (unpaired) electrons. The molecule has 6 heteroatoms. The van der Waals surface area contributed by atoms with Gasteiger partial charge in [0.05, 0.1) is 29.0 Å².